The maximum Gasteiger partial charge on any atom is 0.416 e. The fraction of sp³-hybridized carbons (Fsp3) is 0.278. The minimum Gasteiger partial charge on any atom is -0.352 e. The van der Waals surface area contributed by atoms with E-state index in [0.717, 1.165) is 22.2 Å². The van der Waals surface area contributed by atoms with Gasteiger partial charge in [0.1, 0.15) is 0 Å². The Morgan fingerprint density at radius 1 is 1.19 bits per heavy atom. The number of nitrogens with one attached hydrogen (secondary N) is 3. The van der Waals surface area contributed by atoms with Crippen molar-refractivity contribution in [3.8, 4) is 0 Å². The third-order valence-electron chi connectivity index (χ3n) is 4.27. The molecule has 138 valence electrons. The molecule has 1 amide bonds. The Morgan fingerprint density at radius 2 is 1.92 bits per heavy atom. The second-order valence-corrected chi connectivity index (χ2v) is 6.99. The normalized spacial score (nSPS) is 20.2. The van der Waals surface area contributed by atoms with Crippen LogP contribution in [0.15, 0.2) is 53.0 Å². The van der Waals surface area contributed by atoms with Crippen LogP contribution < -0.4 is 16.2 Å². The van der Waals surface area contributed by atoms with E-state index < -0.39 is 11.7 Å². The molecule has 1 fully saturated rings. The van der Waals surface area contributed by atoms with Gasteiger partial charge in [-0.3, -0.25) is 10.2 Å². The van der Waals surface area contributed by atoms with Crippen molar-refractivity contribution in [2.24, 2.45) is 5.92 Å². The Labute approximate surface area is 157 Å². The van der Waals surface area contributed by atoms with Gasteiger partial charge in [0.15, 0.2) is 0 Å². The fourth-order valence-corrected chi connectivity index (χ4v) is 3.31. The standard InChI is InChI=1S/C18H17BrF3N3O/c19-14-3-1-2-12(8-14)16-15(10-24-25-16)17(26)23-9-11-4-6-13(7-5-11)18(20,21)22/h1-8,15-16,24-25H,9-10H2,(H,23,26). The number of benzene rings is 2. The van der Waals surface area contributed by atoms with Crippen LogP contribution in [-0.2, 0) is 17.5 Å². The lowest BCUT2D eigenvalue weighted by atomic mass is 9.94. The molecule has 4 nitrogen and oxygen atoms in total. The molecule has 2 unspecified atom stereocenters. The summed E-state index contributed by atoms with van der Waals surface area (Å²) in [6.07, 6.45) is -4.36. The number of hydrogen-bond acceptors (Lipinski definition) is 3. The van der Waals surface area contributed by atoms with E-state index in [9.17, 15) is 18.0 Å². The molecular weight excluding hydrogens is 411 g/mol. The minimum atomic E-state index is -4.36. The van der Waals surface area contributed by atoms with E-state index >= 15 is 0 Å². The van der Waals surface area contributed by atoms with Crippen LogP contribution in [0.1, 0.15) is 22.7 Å². The van der Waals surface area contributed by atoms with E-state index in [1.54, 1.807) is 0 Å². The van der Waals surface area contributed by atoms with Gasteiger partial charge in [-0.05, 0) is 35.4 Å². The van der Waals surface area contributed by atoms with E-state index in [4.69, 9.17) is 0 Å². The van der Waals surface area contributed by atoms with Crippen LogP contribution in [0.5, 0.6) is 0 Å². The molecule has 8 heteroatoms. The summed E-state index contributed by atoms with van der Waals surface area (Å²) in [6, 6.07) is 12.3. The fourth-order valence-electron chi connectivity index (χ4n) is 2.89. The zero-order valence-electron chi connectivity index (χ0n) is 13.6. The molecule has 0 aromatic heterocycles. The SMILES string of the molecule is O=C(NCc1ccc(C(F)(F)F)cc1)C1CNNC1c1cccc(Br)c1. The van der Waals surface area contributed by atoms with Crippen LogP contribution >= 0.6 is 15.9 Å². The van der Waals surface area contributed by atoms with Gasteiger partial charge in [-0.25, -0.2) is 5.43 Å². The Kier molecular flexibility index (Phi) is 5.64. The van der Waals surface area contributed by atoms with Crippen LogP contribution in [-0.4, -0.2) is 12.5 Å². The van der Waals surface area contributed by atoms with Crippen molar-refractivity contribution in [1.29, 1.82) is 0 Å². The monoisotopic (exact) mass is 427 g/mol. The number of amides is 1. The number of alkyl halides is 3. The van der Waals surface area contributed by atoms with Crippen molar-refractivity contribution < 1.29 is 18.0 Å². The number of carbonyl (C=O) groups excluding carboxylic acids is 1. The summed E-state index contributed by atoms with van der Waals surface area (Å²) in [4.78, 5) is 12.5. The van der Waals surface area contributed by atoms with Gasteiger partial charge < -0.3 is 5.32 Å². The van der Waals surface area contributed by atoms with E-state index in [2.05, 4.69) is 32.1 Å². The number of rotatable bonds is 4. The van der Waals surface area contributed by atoms with Gasteiger partial charge >= 0.3 is 6.18 Å². The Hall–Kier alpha value is -1.90. The molecular formula is C18H17BrF3N3O. The maximum atomic E-state index is 12.6. The van der Waals surface area contributed by atoms with Crippen molar-refractivity contribution in [3.05, 3.63) is 69.7 Å². The second kappa shape index (κ2) is 7.77. The number of carbonyl (C=O) groups is 1. The third-order valence-corrected chi connectivity index (χ3v) is 4.77. The molecule has 0 radical (unpaired) electrons. The molecule has 2 atom stereocenters. The van der Waals surface area contributed by atoms with Crippen LogP contribution in [0.25, 0.3) is 0 Å². The number of hydrazine groups is 1. The van der Waals surface area contributed by atoms with Crippen LogP contribution in [0.4, 0.5) is 13.2 Å². The summed E-state index contributed by atoms with van der Waals surface area (Å²) >= 11 is 3.42. The average molecular weight is 428 g/mol. The lowest BCUT2D eigenvalue weighted by molar-refractivity contribution is -0.137. The molecule has 3 rings (SSSR count). The first-order chi connectivity index (χ1) is 12.3. The zero-order chi connectivity index (χ0) is 18.7. The molecule has 1 saturated heterocycles. The van der Waals surface area contributed by atoms with E-state index in [0.29, 0.717) is 12.1 Å². The van der Waals surface area contributed by atoms with Crippen molar-refractivity contribution in [2.45, 2.75) is 18.8 Å². The summed E-state index contributed by atoms with van der Waals surface area (Å²) < 4.78 is 38.7. The summed E-state index contributed by atoms with van der Waals surface area (Å²) in [5.41, 5.74) is 6.97. The van der Waals surface area contributed by atoms with Gasteiger partial charge in [-0.1, -0.05) is 40.2 Å². The highest BCUT2D eigenvalue weighted by Crippen LogP contribution is 2.29. The molecule has 2 aromatic rings. The van der Waals surface area contributed by atoms with Gasteiger partial charge in [0.25, 0.3) is 0 Å². The highest BCUT2D eigenvalue weighted by atomic mass is 79.9. The first-order valence-electron chi connectivity index (χ1n) is 8.02. The Balaban J connectivity index is 1.62. The number of halogens is 4. The van der Waals surface area contributed by atoms with Crippen LogP contribution in [0.3, 0.4) is 0 Å². The molecule has 0 saturated carbocycles. The average Bonchev–Trinajstić information content (AvgIpc) is 3.09. The zero-order valence-corrected chi connectivity index (χ0v) is 15.2. The molecule has 0 bridgehead atoms. The lowest BCUT2D eigenvalue weighted by Crippen LogP contribution is -2.34. The van der Waals surface area contributed by atoms with Gasteiger partial charge in [0.05, 0.1) is 17.5 Å². The largest absolute Gasteiger partial charge is 0.416 e. The first kappa shape index (κ1) is 18.9. The predicted molar refractivity (Wildman–Crippen MR) is 94.8 cm³/mol. The molecule has 26 heavy (non-hydrogen) atoms. The topological polar surface area (TPSA) is 53.2 Å². The molecule has 1 heterocycles. The first-order valence-corrected chi connectivity index (χ1v) is 8.81. The quantitative estimate of drug-likeness (QED) is 0.699. The maximum absolute atomic E-state index is 12.6. The summed E-state index contributed by atoms with van der Waals surface area (Å²) in [6.45, 7) is 0.648. The summed E-state index contributed by atoms with van der Waals surface area (Å²) in [5.74, 6) is -0.480. The second-order valence-electron chi connectivity index (χ2n) is 6.08. The molecule has 3 N–H and O–H groups in total. The van der Waals surface area contributed by atoms with Crippen molar-refractivity contribution in [3.63, 3.8) is 0 Å². The third kappa shape index (κ3) is 4.44. The highest BCUT2D eigenvalue weighted by molar-refractivity contribution is 9.10. The lowest BCUT2D eigenvalue weighted by Gasteiger charge is -2.19. The summed E-state index contributed by atoms with van der Waals surface area (Å²) in [5, 5.41) is 2.80. The van der Waals surface area contributed by atoms with Gasteiger partial charge in [0, 0.05) is 17.6 Å². The summed E-state index contributed by atoms with van der Waals surface area (Å²) in [7, 11) is 0. The number of hydrogen-bond donors (Lipinski definition) is 3. The predicted octanol–water partition coefficient (Wildman–Crippen LogP) is 3.55. The molecule has 2 aromatic carbocycles. The van der Waals surface area contributed by atoms with Crippen molar-refractivity contribution in [2.75, 3.05) is 6.54 Å². The Bertz CT molecular complexity index is 780. The highest BCUT2D eigenvalue weighted by Gasteiger charge is 2.34. The Morgan fingerprint density at radius 3 is 2.58 bits per heavy atom. The van der Waals surface area contributed by atoms with Gasteiger partial charge in [-0.2, -0.15) is 13.2 Å². The van der Waals surface area contributed by atoms with E-state index in [1.807, 2.05) is 24.3 Å². The van der Waals surface area contributed by atoms with Gasteiger partial charge in [-0.15, -0.1) is 0 Å². The van der Waals surface area contributed by atoms with Crippen LogP contribution in [0.2, 0.25) is 0 Å². The molecule has 0 spiro atoms. The minimum absolute atomic E-state index is 0.160. The molecule has 1 aliphatic heterocycles. The van der Waals surface area contributed by atoms with Crippen LogP contribution in [0, 0.1) is 5.92 Å². The van der Waals surface area contributed by atoms with E-state index in [-0.39, 0.29) is 24.4 Å². The molecule has 0 aliphatic carbocycles. The smallest absolute Gasteiger partial charge is 0.352 e. The van der Waals surface area contributed by atoms with Crippen molar-refractivity contribution >= 4 is 21.8 Å². The molecule has 1 aliphatic rings. The van der Waals surface area contributed by atoms with E-state index in [1.165, 1.54) is 12.1 Å². The van der Waals surface area contributed by atoms with Crippen molar-refractivity contribution in [1.82, 2.24) is 16.2 Å². The van der Waals surface area contributed by atoms with Gasteiger partial charge in [0.2, 0.25) is 5.91 Å².